The van der Waals surface area contributed by atoms with Crippen LogP contribution in [0, 0.1) is 6.92 Å². The second-order valence-electron chi connectivity index (χ2n) is 2.91. The predicted molar refractivity (Wildman–Crippen MR) is 60.4 cm³/mol. The Labute approximate surface area is 86.8 Å². The molecule has 0 saturated heterocycles. The van der Waals surface area contributed by atoms with Crippen molar-refractivity contribution in [3.63, 3.8) is 0 Å². The number of thiol groups is 1. The molecule has 0 amide bonds. The number of hydrogen-bond donors (Lipinski definition) is 1. The van der Waals surface area contributed by atoms with Crippen molar-refractivity contribution >= 4 is 34.1 Å². The second-order valence-corrected chi connectivity index (χ2v) is 4.27. The molecule has 0 aliphatic carbocycles. The van der Waals surface area contributed by atoms with Gasteiger partial charge in [0.15, 0.2) is 0 Å². The lowest BCUT2D eigenvalue weighted by Gasteiger charge is -2.01. The summed E-state index contributed by atoms with van der Waals surface area (Å²) in [5.41, 5.74) is 1.28. The second kappa shape index (κ2) is 3.24. The lowest BCUT2D eigenvalue weighted by Crippen LogP contribution is -1.81. The van der Waals surface area contributed by atoms with Gasteiger partial charge in [0.05, 0.1) is 7.11 Å². The molecule has 1 aromatic carbocycles. The van der Waals surface area contributed by atoms with Crippen LogP contribution in [0.4, 0.5) is 0 Å². The van der Waals surface area contributed by atoms with E-state index < -0.39 is 0 Å². The summed E-state index contributed by atoms with van der Waals surface area (Å²) >= 11 is 6.12. The van der Waals surface area contributed by atoms with E-state index in [-0.39, 0.29) is 0 Å². The summed E-state index contributed by atoms with van der Waals surface area (Å²) in [5, 5.41) is 3.16. The first-order valence-electron chi connectivity index (χ1n) is 3.98. The maximum Gasteiger partial charge on any atom is 0.138 e. The molecule has 3 heteroatoms. The van der Waals surface area contributed by atoms with Crippen molar-refractivity contribution in [3.05, 3.63) is 23.1 Å². The SMILES string of the molecule is COc1csc2c(C)ccc(S)c12. The van der Waals surface area contributed by atoms with Crippen molar-refractivity contribution in [3.8, 4) is 5.75 Å². The van der Waals surface area contributed by atoms with Crippen LogP contribution in [-0.4, -0.2) is 7.11 Å². The van der Waals surface area contributed by atoms with Gasteiger partial charge in [-0.1, -0.05) is 6.07 Å². The molecular formula is C10H10OS2. The van der Waals surface area contributed by atoms with Gasteiger partial charge in [0.1, 0.15) is 5.75 Å². The average molecular weight is 210 g/mol. The van der Waals surface area contributed by atoms with Crippen molar-refractivity contribution in [1.82, 2.24) is 0 Å². The Morgan fingerprint density at radius 1 is 1.38 bits per heavy atom. The average Bonchev–Trinajstić information content (AvgIpc) is 2.56. The van der Waals surface area contributed by atoms with Gasteiger partial charge in [-0.2, -0.15) is 0 Å². The summed E-state index contributed by atoms with van der Waals surface area (Å²) in [5.74, 6) is 0.925. The standard InChI is InChI=1S/C10H10OS2/c1-6-3-4-8(12)9-7(11-2)5-13-10(6)9/h3-5,12H,1-2H3. The van der Waals surface area contributed by atoms with Crippen LogP contribution in [0.15, 0.2) is 22.4 Å². The molecule has 0 bridgehead atoms. The minimum absolute atomic E-state index is 0.925. The van der Waals surface area contributed by atoms with Crippen molar-refractivity contribution in [2.24, 2.45) is 0 Å². The van der Waals surface area contributed by atoms with Crippen LogP contribution in [0.1, 0.15) is 5.56 Å². The van der Waals surface area contributed by atoms with E-state index >= 15 is 0 Å². The third-order valence-electron chi connectivity index (χ3n) is 2.08. The minimum Gasteiger partial charge on any atom is -0.495 e. The fourth-order valence-electron chi connectivity index (χ4n) is 1.39. The zero-order chi connectivity index (χ0) is 9.42. The Morgan fingerprint density at radius 2 is 2.15 bits per heavy atom. The Balaban J connectivity index is 2.87. The molecule has 0 fully saturated rings. The molecule has 13 heavy (non-hydrogen) atoms. The number of aryl methyl sites for hydroxylation is 1. The van der Waals surface area contributed by atoms with Crippen LogP contribution in [0.25, 0.3) is 10.1 Å². The molecule has 0 spiro atoms. The summed E-state index contributed by atoms with van der Waals surface area (Å²) in [4.78, 5) is 0.985. The summed E-state index contributed by atoms with van der Waals surface area (Å²) in [6.45, 7) is 2.10. The van der Waals surface area contributed by atoms with E-state index in [9.17, 15) is 0 Å². The first kappa shape index (κ1) is 8.91. The summed E-state index contributed by atoms with van der Waals surface area (Å²) < 4.78 is 6.53. The maximum absolute atomic E-state index is 5.26. The highest BCUT2D eigenvalue weighted by Crippen LogP contribution is 2.38. The van der Waals surface area contributed by atoms with Gasteiger partial charge in [0.2, 0.25) is 0 Å². The van der Waals surface area contributed by atoms with E-state index in [0.29, 0.717) is 0 Å². The van der Waals surface area contributed by atoms with Gasteiger partial charge in [-0.25, -0.2) is 0 Å². The number of hydrogen-bond acceptors (Lipinski definition) is 3. The number of rotatable bonds is 1. The number of benzene rings is 1. The van der Waals surface area contributed by atoms with E-state index in [2.05, 4.69) is 25.6 Å². The van der Waals surface area contributed by atoms with Crippen molar-refractivity contribution in [2.75, 3.05) is 7.11 Å². The third-order valence-corrected chi connectivity index (χ3v) is 3.55. The summed E-state index contributed by atoms with van der Waals surface area (Å²) in [7, 11) is 1.69. The zero-order valence-electron chi connectivity index (χ0n) is 7.50. The normalized spacial score (nSPS) is 10.7. The van der Waals surface area contributed by atoms with Gasteiger partial charge < -0.3 is 4.74 Å². The molecule has 0 radical (unpaired) electrons. The summed E-state index contributed by atoms with van der Waals surface area (Å²) in [6.07, 6.45) is 0. The molecule has 68 valence electrons. The highest BCUT2D eigenvalue weighted by molar-refractivity contribution is 7.80. The molecule has 2 aromatic rings. The van der Waals surface area contributed by atoms with Gasteiger partial charge in [0.25, 0.3) is 0 Å². The molecule has 2 rings (SSSR count). The highest BCUT2D eigenvalue weighted by atomic mass is 32.1. The van der Waals surface area contributed by atoms with E-state index in [0.717, 1.165) is 16.0 Å². The van der Waals surface area contributed by atoms with Gasteiger partial charge in [-0.05, 0) is 18.6 Å². The van der Waals surface area contributed by atoms with Crippen molar-refractivity contribution in [1.29, 1.82) is 0 Å². The number of fused-ring (bicyclic) bond motifs is 1. The Bertz CT molecular complexity index is 445. The first-order chi connectivity index (χ1) is 6.24. The molecule has 1 heterocycles. The van der Waals surface area contributed by atoms with Crippen LogP contribution >= 0.6 is 24.0 Å². The molecule has 0 N–H and O–H groups in total. The van der Waals surface area contributed by atoms with Crippen LogP contribution in [0.3, 0.4) is 0 Å². The Kier molecular flexibility index (Phi) is 2.22. The van der Waals surface area contributed by atoms with Crippen LogP contribution in [0.5, 0.6) is 5.75 Å². The summed E-state index contributed by atoms with van der Waals surface area (Å²) in [6, 6.07) is 4.09. The van der Waals surface area contributed by atoms with E-state index in [4.69, 9.17) is 4.74 Å². The van der Waals surface area contributed by atoms with E-state index in [1.807, 2.05) is 11.4 Å². The third kappa shape index (κ3) is 1.32. The Hall–Kier alpha value is -0.670. The molecule has 0 saturated carbocycles. The van der Waals surface area contributed by atoms with Gasteiger partial charge in [-0.15, -0.1) is 24.0 Å². The maximum atomic E-state index is 5.26. The fourth-order valence-corrected chi connectivity index (χ4v) is 2.78. The smallest absolute Gasteiger partial charge is 0.138 e. The molecule has 1 aromatic heterocycles. The lowest BCUT2D eigenvalue weighted by molar-refractivity contribution is 0.421. The quantitative estimate of drug-likeness (QED) is 0.709. The largest absolute Gasteiger partial charge is 0.495 e. The number of thiophene rings is 1. The molecular weight excluding hydrogens is 200 g/mol. The van der Waals surface area contributed by atoms with E-state index in [1.165, 1.54) is 10.3 Å². The lowest BCUT2D eigenvalue weighted by atomic mass is 10.2. The topological polar surface area (TPSA) is 9.23 Å². The predicted octanol–water partition coefficient (Wildman–Crippen LogP) is 3.51. The van der Waals surface area contributed by atoms with Crippen LogP contribution < -0.4 is 4.74 Å². The van der Waals surface area contributed by atoms with Crippen molar-refractivity contribution in [2.45, 2.75) is 11.8 Å². The van der Waals surface area contributed by atoms with Crippen LogP contribution in [0.2, 0.25) is 0 Å². The zero-order valence-corrected chi connectivity index (χ0v) is 9.21. The fraction of sp³-hybridized carbons (Fsp3) is 0.200. The van der Waals surface area contributed by atoms with Gasteiger partial charge >= 0.3 is 0 Å². The Morgan fingerprint density at radius 3 is 2.85 bits per heavy atom. The minimum atomic E-state index is 0.925. The van der Waals surface area contributed by atoms with Gasteiger partial charge in [0, 0.05) is 20.4 Å². The van der Waals surface area contributed by atoms with E-state index in [1.54, 1.807) is 18.4 Å². The number of methoxy groups -OCH3 is 1. The first-order valence-corrected chi connectivity index (χ1v) is 5.30. The molecule has 0 aliphatic rings. The molecule has 0 unspecified atom stereocenters. The molecule has 0 aliphatic heterocycles. The van der Waals surface area contributed by atoms with Crippen molar-refractivity contribution < 1.29 is 4.74 Å². The monoisotopic (exact) mass is 210 g/mol. The van der Waals surface area contributed by atoms with Crippen LogP contribution in [-0.2, 0) is 0 Å². The molecule has 0 atom stereocenters. The highest BCUT2D eigenvalue weighted by Gasteiger charge is 2.08. The molecule has 1 nitrogen and oxygen atoms in total. The van der Waals surface area contributed by atoms with Gasteiger partial charge in [-0.3, -0.25) is 0 Å². The number of ether oxygens (including phenoxy) is 1.